The van der Waals surface area contributed by atoms with Crippen LogP contribution < -0.4 is 0 Å². The molecule has 1 aromatic rings. The summed E-state index contributed by atoms with van der Waals surface area (Å²) >= 11 is 0. The number of hydrogen-bond donors (Lipinski definition) is 0. The van der Waals surface area contributed by atoms with Crippen LogP contribution in [0.2, 0.25) is 0 Å². The molecule has 26 heavy (non-hydrogen) atoms. The molecule has 7 heteroatoms. The smallest absolute Gasteiger partial charge is 0.307 e. The summed E-state index contributed by atoms with van der Waals surface area (Å²) in [6.07, 6.45) is 5.19. The highest BCUT2D eigenvalue weighted by molar-refractivity contribution is 5.81. The number of carbonyl (C=O) groups is 2. The molecule has 1 amide bonds. The first-order chi connectivity index (χ1) is 12.5. The van der Waals surface area contributed by atoms with Crippen LogP contribution in [0.5, 0.6) is 0 Å². The SMILES string of the molecule is CCOC(=O)CCN(C(=O)Cc1ccccc1[N+](=O)[O-])C1CCCCC1. The second kappa shape index (κ2) is 9.89. The van der Waals surface area contributed by atoms with Gasteiger partial charge in [0.25, 0.3) is 5.69 Å². The van der Waals surface area contributed by atoms with Gasteiger partial charge in [0, 0.05) is 24.2 Å². The maximum atomic E-state index is 12.9. The van der Waals surface area contributed by atoms with Crippen molar-refractivity contribution in [2.45, 2.75) is 57.9 Å². The number of nitro benzene ring substituents is 1. The van der Waals surface area contributed by atoms with Crippen LogP contribution in [0, 0.1) is 10.1 Å². The third-order valence-electron chi connectivity index (χ3n) is 4.73. The van der Waals surface area contributed by atoms with Crippen LogP contribution in [0.25, 0.3) is 0 Å². The van der Waals surface area contributed by atoms with Crippen LogP contribution in [0.3, 0.4) is 0 Å². The Bertz CT molecular complexity index is 641. The lowest BCUT2D eigenvalue weighted by atomic mass is 9.93. The zero-order valence-electron chi connectivity index (χ0n) is 15.2. The van der Waals surface area contributed by atoms with Gasteiger partial charge in [-0.25, -0.2) is 0 Å². The number of rotatable bonds is 8. The van der Waals surface area contributed by atoms with E-state index in [2.05, 4.69) is 0 Å². The quantitative estimate of drug-likeness (QED) is 0.402. The minimum Gasteiger partial charge on any atom is -0.466 e. The molecule has 7 nitrogen and oxygen atoms in total. The van der Waals surface area contributed by atoms with Crippen LogP contribution in [-0.2, 0) is 20.7 Å². The van der Waals surface area contributed by atoms with Crippen molar-refractivity contribution >= 4 is 17.6 Å². The lowest BCUT2D eigenvalue weighted by Gasteiger charge is -2.34. The first kappa shape index (κ1) is 19.9. The molecule has 0 heterocycles. The standard InChI is InChI=1S/C19H26N2O5/c1-2-26-19(23)12-13-20(16-9-4-3-5-10-16)18(22)14-15-8-6-7-11-17(15)21(24)25/h6-8,11,16H,2-5,9-10,12-14H2,1H3. The van der Waals surface area contributed by atoms with Crippen molar-refractivity contribution in [2.75, 3.05) is 13.2 Å². The monoisotopic (exact) mass is 362 g/mol. The van der Waals surface area contributed by atoms with Crippen LogP contribution in [-0.4, -0.2) is 40.9 Å². The van der Waals surface area contributed by atoms with Crippen LogP contribution in [0.4, 0.5) is 5.69 Å². The third kappa shape index (κ3) is 5.54. The lowest BCUT2D eigenvalue weighted by molar-refractivity contribution is -0.385. The Morgan fingerprint density at radius 2 is 1.92 bits per heavy atom. The fourth-order valence-corrected chi connectivity index (χ4v) is 3.45. The summed E-state index contributed by atoms with van der Waals surface area (Å²) in [5.74, 6) is -0.498. The molecule has 1 aromatic carbocycles. The van der Waals surface area contributed by atoms with E-state index in [9.17, 15) is 19.7 Å². The fourth-order valence-electron chi connectivity index (χ4n) is 3.45. The normalized spacial score (nSPS) is 14.7. The second-order valence-corrected chi connectivity index (χ2v) is 6.50. The molecular weight excluding hydrogens is 336 g/mol. The summed E-state index contributed by atoms with van der Waals surface area (Å²) in [5.41, 5.74) is 0.356. The van der Waals surface area contributed by atoms with E-state index in [0.29, 0.717) is 18.7 Å². The van der Waals surface area contributed by atoms with E-state index in [1.807, 2.05) is 0 Å². The summed E-state index contributed by atoms with van der Waals surface area (Å²) in [5, 5.41) is 11.2. The zero-order valence-corrected chi connectivity index (χ0v) is 15.2. The van der Waals surface area contributed by atoms with E-state index in [1.165, 1.54) is 6.07 Å². The highest BCUT2D eigenvalue weighted by Crippen LogP contribution is 2.25. The third-order valence-corrected chi connectivity index (χ3v) is 4.73. The molecule has 0 saturated heterocycles. The predicted octanol–water partition coefficient (Wildman–Crippen LogP) is 3.25. The molecule has 1 saturated carbocycles. The molecule has 1 aliphatic carbocycles. The van der Waals surface area contributed by atoms with Gasteiger partial charge in [0.05, 0.1) is 24.4 Å². The molecule has 0 N–H and O–H groups in total. The summed E-state index contributed by atoms with van der Waals surface area (Å²) in [6.45, 7) is 2.35. The van der Waals surface area contributed by atoms with E-state index in [0.717, 1.165) is 32.1 Å². The number of esters is 1. The van der Waals surface area contributed by atoms with Crippen LogP contribution in [0.1, 0.15) is 51.0 Å². The van der Waals surface area contributed by atoms with Crippen molar-refractivity contribution in [1.82, 2.24) is 4.90 Å². The van der Waals surface area contributed by atoms with Gasteiger partial charge in [-0.15, -0.1) is 0 Å². The van der Waals surface area contributed by atoms with Crippen molar-refractivity contribution in [1.29, 1.82) is 0 Å². The summed E-state index contributed by atoms with van der Waals surface area (Å²) in [7, 11) is 0. The summed E-state index contributed by atoms with van der Waals surface area (Å²) in [4.78, 5) is 37.1. The van der Waals surface area contributed by atoms with Gasteiger partial charge in [0.2, 0.25) is 5.91 Å². The Labute approximate surface area is 153 Å². The lowest BCUT2D eigenvalue weighted by Crippen LogP contribution is -2.43. The minimum absolute atomic E-state index is 0.0313. The predicted molar refractivity (Wildman–Crippen MR) is 96.6 cm³/mol. The number of amides is 1. The molecule has 2 rings (SSSR count). The maximum Gasteiger partial charge on any atom is 0.307 e. The van der Waals surface area contributed by atoms with Gasteiger partial charge >= 0.3 is 5.97 Å². The Morgan fingerprint density at radius 3 is 2.58 bits per heavy atom. The highest BCUT2D eigenvalue weighted by Gasteiger charge is 2.27. The average Bonchev–Trinajstić information content (AvgIpc) is 2.63. The summed E-state index contributed by atoms with van der Waals surface area (Å²) < 4.78 is 4.96. The molecule has 0 aromatic heterocycles. The number of carbonyl (C=O) groups excluding carboxylic acids is 2. The zero-order chi connectivity index (χ0) is 18.9. The van der Waals surface area contributed by atoms with E-state index >= 15 is 0 Å². The number of nitrogens with zero attached hydrogens (tertiary/aromatic N) is 2. The van der Waals surface area contributed by atoms with Gasteiger partial charge in [-0.2, -0.15) is 0 Å². The van der Waals surface area contributed by atoms with Gasteiger partial charge in [0.1, 0.15) is 0 Å². The Kier molecular flexibility index (Phi) is 7.56. The van der Waals surface area contributed by atoms with Gasteiger partial charge < -0.3 is 9.64 Å². The molecule has 0 radical (unpaired) electrons. The van der Waals surface area contributed by atoms with Crippen molar-refractivity contribution in [3.05, 3.63) is 39.9 Å². The molecule has 0 bridgehead atoms. The van der Waals surface area contributed by atoms with E-state index in [4.69, 9.17) is 4.74 Å². The van der Waals surface area contributed by atoms with Gasteiger partial charge in [0.15, 0.2) is 0 Å². The van der Waals surface area contributed by atoms with Gasteiger partial charge in [-0.05, 0) is 19.8 Å². The van der Waals surface area contributed by atoms with Crippen LogP contribution >= 0.6 is 0 Å². The number of ether oxygens (including phenoxy) is 1. The van der Waals surface area contributed by atoms with Crippen molar-refractivity contribution in [3.8, 4) is 0 Å². The van der Waals surface area contributed by atoms with Gasteiger partial charge in [-0.3, -0.25) is 19.7 Å². The largest absolute Gasteiger partial charge is 0.466 e. The van der Waals surface area contributed by atoms with E-state index in [1.54, 1.807) is 30.0 Å². The minimum atomic E-state index is -0.466. The highest BCUT2D eigenvalue weighted by atomic mass is 16.6. The molecule has 0 atom stereocenters. The van der Waals surface area contributed by atoms with E-state index < -0.39 is 4.92 Å². The number of nitro groups is 1. The number of benzene rings is 1. The molecule has 1 aliphatic rings. The van der Waals surface area contributed by atoms with Gasteiger partial charge in [-0.1, -0.05) is 37.5 Å². The Morgan fingerprint density at radius 1 is 1.23 bits per heavy atom. The number of hydrogen-bond acceptors (Lipinski definition) is 5. The molecule has 0 unspecified atom stereocenters. The fraction of sp³-hybridized carbons (Fsp3) is 0.579. The maximum absolute atomic E-state index is 12.9. The summed E-state index contributed by atoms with van der Waals surface area (Å²) in [6, 6.07) is 6.39. The second-order valence-electron chi connectivity index (χ2n) is 6.50. The Balaban J connectivity index is 2.11. The van der Waals surface area contributed by atoms with Crippen LogP contribution in [0.15, 0.2) is 24.3 Å². The topological polar surface area (TPSA) is 89.8 Å². The van der Waals surface area contributed by atoms with Crippen molar-refractivity contribution in [2.24, 2.45) is 0 Å². The molecule has 0 spiro atoms. The molecular formula is C19H26N2O5. The van der Waals surface area contributed by atoms with Crippen molar-refractivity contribution < 1.29 is 19.2 Å². The molecule has 0 aliphatic heterocycles. The molecule has 1 fully saturated rings. The molecule has 142 valence electrons. The number of para-hydroxylation sites is 1. The first-order valence-corrected chi connectivity index (χ1v) is 9.20. The average molecular weight is 362 g/mol. The van der Waals surface area contributed by atoms with Crippen molar-refractivity contribution in [3.63, 3.8) is 0 Å². The van der Waals surface area contributed by atoms with E-state index in [-0.39, 0.29) is 36.4 Å². The Hall–Kier alpha value is -2.44. The first-order valence-electron chi connectivity index (χ1n) is 9.20.